The Kier molecular flexibility index (Phi) is 4.85. The van der Waals surface area contributed by atoms with E-state index in [1.165, 1.54) is 0 Å². The van der Waals surface area contributed by atoms with Gasteiger partial charge in [0.1, 0.15) is 6.07 Å². The predicted molar refractivity (Wildman–Crippen MR) is 85.3 cm³/mol. The minimum Gasteiger partial charge on any atom is -0.392 e. The van der Waals surface area contributed by atoms with Gasteiger partial charge in [0.2, 0.25) is 0 Å². The zero-order chi connectivity index (χ0) is 15.4. The first kappa shape index (κ1) is 15.4. The summed E-state index contributed by atoms with van der Waals surface area (Å²) in [6, 6.07) is 15.4. The van der Waals surface area contributed by atoms with Crippen LogP contribution in [0.15, 0.2) is 42.5 Å². The zero-order valence-electron chi connectivity index (χ0n) is 12.0. The molecule has 0 bridgehead atoms. The molecule has 0 spiro atoms. The Balaban J connectivity index is 2.35. The summed E-state index contributed by atoms with van der Waals surface area (Å²) >= 11 is 6.04. The van der Waals surface area contributed by atoms with E-state index in [0.29, 0.717) is 10.6 Å². The number of nitriles is 1. The molecule has 0 amide bonds. The summed E-state index contributed by atoms with van der Waals surface area (Å²) in [5.41, 5.74) is 3.21. The number of benzene rings is 2. The van der Waals surface area contributed by atoms with Crippen LogP contribution in [0.1, 0.15) is 29.7 Å². The first-order valence-corrected chi connectivity index (χ1v) is 7.06. The van der Waals surface area contributed by atoms with Crippen molar-refractivity contribution in [3.63, 3.8) is 0 Å². The predicted octanol–water partition coefficient (Wildman–Crippen LogP) is 3.90. The van der Waals surface area contributed by atoms with Crippen LogP contribution in [-0.4, -0.2) is 12.2 Å². The third-order valence-electron chi connectivity index (χ3n) is 3.66. The molecule has 108 valence electrons. The molecule has 0 fully saturated rings. The minimum atomic E-state index is -0.0669. The Bertz CT molecular complexity index is 679. The van der Waals surface area contributed by atoms with Crippen molar-refractivity contribution in [1.29, 1.82) is 5.26 Å². The molecule has 4 heteroatoms. The average Bonchev–Trinajstić information content (AvgIpc) is 2.52. The van der Waals surface area contributed by atoms with Gasteiger partial charge in [0.25, 0.3) is 0 Å². The molecule has 21 heavy (non-hydrogen) atoms. The highest BCUT2D eigenvalue weighted by atomic mass is 35.5. The molecule has 0 aliphatic rings. The Morgan fingerprint density at radius 3 is 2.67 bits per heavy atom. The normalized spacial score (nSPS) is 11.8. The SMILES string of the molecule is CC(c1cccc(Cl)c1)N(C)c1ccc(CO)cc1C#N. The maximum Gasteiger partial charge on any atom is 0.101 e. The summed E-state index contributed by atoms with van der Waals surface area (Å²) in [5.74, 6) is 0. The van der Waals surface area contributed by atoms with Crippen LogP contribution in [0.4, 0.5) is 5.69 Å². The van der Waals surface area contributed by atoms with Gasteiger partial charge in [-0.25, -0.2) is 0 Å². The van der Waals surface area contributed by atoms with Gasteiger partial charge in [0, 0.05) is 12.1 Å². The van der Waals surface area contributed by atoms with Gasteiger partial charge < -0.3 is 10.0 Å². The Morgan fingerprint density at radius 2 is 2.05 bits per heavy atom. The van der Waals surface area contributed by atoms with Crippen LogP contribution in [0, 0.1) is 11.3 Å². The smallest absolute Gasteiger partial charge is 0.101 e. The lowest BCUT2D eigenvalue weighted by atomic mass is 10.0. The van der Waals surface area contributed by atoms with E-state index >= 15 is 0 Å². The molecule has 1 unspecified atom stereocenters. The second-order valence-electron chi connectivity index (χ2n) is 4.96. The second kappa shape index (κ2) is 6.62. The number of anilines is 1. The summed E-state index contributed by atoms with van der Waals surface area (Å²) in [5, 5.41) is 19.2. The van der Waals surface area contributed by atoms with E-state index in [4.69, 9.17) is 16.7 Å². The fraction of sp³-hybridized carbons (Fsp3) is 0.235. The lowest BCUT2D eigenvalue weighted by Crippen LogP contribution is -2.22. The molecule has 1 atom stereocenters. The van der Waals surface area contributed by atoms with Crippen molar-refractivity contribution in [3.8, 4) is 6.07 Å². The Morgan fingerprint density at radius 1 is 1.29 bits per heavy atom. The highest BCUT2D eigenvalue weighted by Crippen LogP contribution is 2.29. The van der Waals surface area contributed by atoms with Crippen molar-refractivity contribution in [1.82, 2.24) is 0 Å². The standard InChI is InChI=1S/C17H17ClN2O/c1-12(14-4-3-5-16(18)9-14)20(2)17-7-6-13(11-21)8-15(17)10-19/h3-9,12,21H,11H2,1-2H3. The third-order valence-corrected chi connectivity index (χ3v) is 3.89. The van der Waals surface area contributed by atoms with Gasteiger partial charge in [-0.3, -0.25) is 0 Å². The first-order chi connectivity index (χ1) is 10.1. The monoisotopic (exact) mass is 300 g/mol. The molecule has 0 saturated carbocycles. The van der Waals surface area contributed by atoms with Crippen LogP contribution in [0.25, 0.3) is 0 Å². The molecule has 1 N–H and O–H groups in total. The van der Waals surface area contributed by atoms with E-state index in [1.807, 2.05) is 48.3 Å². The highest BCUT2D eigenvalue weighted by molar-refractivity contribution is 6.30. The molecule has 2 aromatic rings. The lowest BCUT2D eigenvalue weighted by molar-refractivity contribution is 0.282. The molecular formula is C17H17ClN2O. The summed E-state index contributed by atoms with van der Waals surface area (Å²) in [4.78, 5) is 2.03. The number of hydrogen-bond donors (Lipinski definition) is 1. The van der Waals surface area contributed by atoms with Crippen LogP contribution < -0.4 is 4.90 Å². The largest absolute Gasteiger partial charge is 0.392 e. The molecular weight excluding hydrogens is 284 g/mol. The van der Waals surface area contributed by atoms with Gasteiger partial charge in [0.15, 0.2) is 0 Å². The van der Waals surface area contributed by atoms with Crippen LogP contribution in [0.3, 0.4) is 0 Å². The molecule has 2 aromatic carbocycles. The first-order valence-electron chi connectivity index (χ1n) is 6.69. The van der Waals surface area contributed by atoms with E-state index in [0.717, 1.165) is 16.8 Å². The quantitative estimate of drug-likeness (QED) is 0.931. The van der Waals surface area contributed by atoms with Crippen LogP contribution in [0.2, 0.25) is 5.02 Å². The van der Waals surface area contributed by atoms with Crippen molar-refractivity contribution < 1.29 is 5.11 Å². The van der Waals surface area contributed by atoms with Crippen LogP contribution in [0.5, 0.6) is 0 Å². The Hall–Kier alpha value is -2.02. The summed E-state index contributed by atoms with van der Waals surface area (Å²) < 4.78 is 0. The molecule has 0 aliphatic carbocycles. The maximum atomic E-state index is 9.30. The number of aliphatic hydroxyl groups excluding tert-OH is 1. The third kappa shape index (κ3) is 3.36. The van der Waals surface area contributed by atoms with Crippen LogP contribution in [-0.2, 0) is 6.61 Å². The number of aliphatic hydroxyl groups is 1. The lowest BCUT2D eigenvalue weighted by Gasteiger charge is -2.28. The van der Waals surface area contributed by atoms with Gasteiger partial charge in [-0.05, 0) is 42.3 Å². The molecule has 0 heterocycles. The molecule has 2 rings (SSSR count). The van der Waals surface area contributed by atoms with E-state index in [1.54, 1.807) is 6.07 Å². The zero-order valence-corrected chi connectivity index (χ0v) is 12.8. The topological polar surface area (TPSA) is 47.3 Å². The van der Waals surface area contributed by atoms with Gasteiger partial charge in [-0.1, -0.05) is 29.8 Å². The summed E-state index contributed by atoms with van der Waals surface area (Å²) in [7, 11) is 1.94. The molecule has 0 aromatic heterocycles. The van der Waals surface area contributed by atoms with Gasteiger partial charge in [-0.2, -0.15) is 5.26 Å². The fourth-order valence-electron chi connectivity index (χ4n) is 2.28. The van der Waals surface area contributed by atoms with Crippen molar-refractivity contribution in [2.45, 2.75) is 19.6 Å². The number of halogens is 1. The van der Waals surface area contributed by atoms with Crippen molar-refractivity contribution in [2.75, 3.05) is 11.9 Å². The summed E-state index contributed by atoms with van der Waals surface area (Å²) in [6.45, 7) is 2.00. The molecule has 0 radical (unpaired) electrons. The van der Waals surface area contributed by atoms with E-state index in [2.05, 4.69) is 13.0 Å². The van der Waals surface area contributed by atoms with Crippen molar-refractivity contribution >= 4 is 17.3 Å². The minimum absolute atomic E-state index is 0.0669. The maximum absolute atomic E-state index is 9.30. The fourth-order valence-corrected chi connectivity index (χ4v) is 2.48. The molecule has 3 nitrogen and oxygen atoms in total. The van der Waals surface area contributed by atoms with E-state index in [-0.39, 0.29) is 12.6 Å². The van der Waals surface area contributed by atoms with Gasteiger partial charge >= 0.3 is 0 Å². The van der Waals surface area contributed by atoms with Gasteiger partial charge in [-0.15, -0.1) is 0 Å². The molecule has 0 aliphatic heterocycles. The number of nitrogens with zero attached hydrogens (tertiary/aromatic N) is 2. The average molecular weight is 301 g/mol. The van der Waals surface area contributed by atoms with E-state index < -0.39 is 0 Å². The number of hydrogen-bond acceptors (Lipinski definition) is 3. The van der Waals surface area contributed by atoms with Crippen LogP contribution >= 0.6 is 11.6 Å². The Labute approximate surface area is 130 Å². The van der Waals surface area contributed by atoms with Crippen molar-refractivity contribution in [3.05, 3.63) is 64.2 Å². The molecule has 0 saturated heterocycles. The van der Waals surface area contributed by atoms with Gasteiger partial charge in [0.05, 0.1) is 23.9 Å². The summed E-state index contributed by atoms with van der Waals surface area (Å²) in [6.07, 6.45) is 0. The highest BCUT2D eigenvalue weighted by Gasteiger charge is 2.16. The second-order valence-corrected chi connectivity index (χ2v) is 5.40. The van der Waals surface area contributed by atoms with Crippen molar-refractivity contribution in [2.24, 2.45) is 0 Å². The number of rotatable bonds is 4. The van der Waals surface area contributed by atoms with E-state index in [9.17, 15) is 5.26 Å².